The molecule has 4 nitrogen and oxygen atoms in total. The maximum Gasteiger partial charge on any atom is 0.253 e. The first kappa shape index (κ1) is 14.8. The lowest BCUT2D eigenvalue weighted by atomic mass is 10.1. The van der Waals surface area contributed by atoms with Gasteiger partial charge in [0.25, 0.3) is 5.91 Å². The van der Waals surface area contributed by atoms with Gasteiger partial charge in [-0.2, -0.15) is 0 Å². The van der Waals surface area contributed by atoms with Gasteiger partial charge in [0.15, 0.2) is 0 Å². The molecule has 0 radical (unpaired) electrons. The fourth-order valence-corrected chi connectivity index (χ4v) is 2.90. The number of carbonyl (C=O) groups excluding carboxylic acids is 2. The Morgan fingerprint density at radius 2 is 2.21 bits per heavy atom. The first-order chi connectivity index (χ1) is 9.08. The summed E-state index contributed by atoms with van der Waals surface area (Å²) in [5.74, 6) is -0.306. The van der Waals surface area contributed by atoms with Crippen molar-refractivity contribution in [1.29, 1.82) is 0 Å². The molecule has 1 aromatic carbocycles. The number of carbonyl (C=O) groups is 2. The average Bonchev–Trinajstić information content (AvgIpc) is 2.58. The van der Waals surface area contributed by atoms with E-state index in [0.717, 1.165) is 20.9 Å². The smallest absolute Gasteiger partial charge is 0.253 e. The highest BCUT2D eigenvalue weighted by Crippen LogP contribution is 2.20. The van der Waals surface area contributed by atoms with Gasteiger partial charge in [0.1, 0.15) is 6.04 Å². The normalized spacial score (nSPS) is 19.5. The molecule has 1 heterocycles. The standard InChI is InChI=1S/C13H14BrIN2O2/c14-10-5-4-8(15)7-9(10)12(18)17-11-3-1-2-6-16-13(11)19/h4-5,7,11H,1-3,6H2,(H,16,19)(H,17,18). The maximum absolute atomic E-state index is 12.2. The van der Waals surface area contributed by atoms with Crippen molar-refractivity contribution in [2.45, 2.75) is 25.3 Å². The molecule has 0 aliphatic carbocycles. The van der Waals surface area contributed by atoms with E-state index in [2.05, 4.69) is 49.2 Å². The monoisotopic (exact) mass is 436 g/mol. The molecular weight excluding hydrogens is 423 g/mol. The van der Waals surface area contributed by atoms with Gasteiger partial charge in [-0.15, -0.1) is 0 Å². The van der Waals surface area contributed by atoms with Gasteiger partial charge in [-0.25, -0.2) is 0 Å². The van der Waals surface area contributed by atoms with E-state index in [4.69, 9.17) is 0 Å². The number of hydrogen-bond acceptors (Lipinski definition) is 2. The third-order valence-electron chi connectivity index (χ3n) is 3.01. The molecule has 0 aromatic heterocycles. The highest BCUT2D eigenvalue weighted by atomic mass is 127. The second-order valence-corrected chi connectivity index (χ2v) is 6.54. The molecule has 6 heteroatoms. The van der Waals surface area contributed by atoms with Gasteiger partial charge in [-0.3, -0.25) is 9.59 Å². The molecule has 0 spiro atoms. The van der Waals surface area contributed by atoms with Crippen LogP contribution in [0.15, 0.2) is 22.7 Å². The van der Waals surface area contributed by atoms with E-state index in [1.165, 1.54) is 0 Å². The Morgan fingerprint density at radius 3 is 3.00 bits per heavy atom. The second-order valence-electron chi connectivity index (χ2n) is 4.44. The molecule has 1 fully saturated rings. The zero-order chi connectivity index (χ0) is 13.8. The molecule has 2 N–H and O–H groups in total. The van der Waals surface area contributed by atoms with E-state index in [1.807, 2.05) is 12.1 Å². The molecule has 1 atom stereocenters. The Bertz CT molecular complexity index is 507. The van der Waals surface area contributed by atoms with Crippen molar-refractivity contribution in [1.82, 2.24) is 10.6 Å². The van der Waals surface area contributed by atoms with Crippen LogP contribution in [0.25, 0.3) is 0 Å². The minimum atomic E-state index is -0.431. The van der Waals surface area contributed by atoms with E-state index in [-0.39, 0.29) is 11.8 Å². The van der Waals surface area contributed by atoms with Crippen molar-refractivity contribution in [3.63, 3.8) is 0 Å². The highest BCUT2D eigenvalue weighted by molar-refractivity contribution is 14.1. The fourth-order valence-electron chi connectivity index (χ4n) is 1.98. The fraction of sp³-hybridized carbons (Fsp3) is 0.385. The third kappa shape index (κ3) is 3.92. The van der Waals surface area contributed by atoms with Crippen LogP contribution in [0.3, 0.4) is 0 Å². The molecule has 1 aliphatic heterocycles. The molecule has 2 amide bonds. The summed E-state index contributed by atoms with van der Waals surface area (Å²) in [7, 11) is 0. The van der Waals surface area contributed by atoms with E-state index in [0.29, 0.717) is 18.5 Å². The van der Waals surface area contributed by atoms with Crippen molar-refractivity contribution in [2.24, 2.45) is 0 Å². The summed E-state index contributed by atoms with van der Waals surface area (Å²) in [6.07, 6.45) is 2.60. The van der Waals surface area contributed by atoms with Gasteiger partial charge in [0.2, 0.25) is 5.91 Å². The molecule has 0 bridgehead atoms. The molecule has 2 rings (SSSR count). The van der Waals surface area contributed by atoms with E-state index < -0.39 is 6.04 Å². The number of rotatable bonds is 2. The predicted octanol–water partition coefficient (Wildman–Crippen LogP) is 2.45. The number of hydrogen-bond donors (Lipinski definition) is 2. The first-order valence-electron chi connectivity index (χ1n) is 6.11. The summed E-state index contributed by atoms with van der Waals surface area (Å²) in [6.45, 7) is 0.693. The van der Waals surface area contributed by atoms with Crippen LogP contribution in [0.4, 0.5) is 0 Å². The highest BCUT2D eigenvalue weighted by Gasteiger charge is 2.23. The van der Waals surface area contributed by atoms with Crippen LogP contribution in [0.2, 0.25) is 0 Å². The Balaban J connectivity index is 2.11. The van der Waals surface area contributed by atoms with Gasteiger partial charge >= 0.3 is 0 Å². The van der Waals surface area contributed by atoms with Crippen molar-refractivity contribution >= 4 is 50.3 Å². The molecule has 1 unspecified atom stereocenters. The SMILES string of the molecule is O=C(NC1CCCCNC1=O)c1cc(I)ccc1Br. The van der Waals surface area contributed by atoms with Crippen molar-refractivity contribution < 1.29 is 9.59 Å². The van der Waals surface area contributed by atoms with Crippen LogP contribution < -0.4 is 10.6 Å². The molecule has 1 aromatic rings. The second kappa shape index (κ2) is 6.69. The van der Waals surface area contributed by atoms with Gasteiger partial charge in [-0.1, -0.05) is 0 Å². The Labute approximate surface area is 134 Å². The molecule has 1 saturated heterocycles. The zero-order valence-corrected chi connectivity index (χ0v) is 14.0. The Hall–Kier alpha value is -0.630. The van der Waals surface area contributed by atoms with E-state index in [9.17, 15) is 9.59 Å². The molecular formula is C13H14BrIN2O2. The van der Waals surface area contributed by atoms with Crippen LogP contribution in [-0.4, -0.2) is 24.4 Å². The number of amides is 2. The van der Waals surface area contributed by atoms with Crippen molar-refractivity contribution in [3.8, 4) is 0 Å². The summed E-state index contributed by atoms with van der Waals surface area (Å²) in [4.78, 5) is 24.0. The Kier molecular flexibility index (Phi) is 5.20. The van der Waals surface area contributed by atoms with Crippen LogP contribution in [0, 0.1) is 3.57 Å². The van der Waals surface area contributed by atoms with Crippen LogP contribution in [0.5, 0.6) is 0 Å². The largest absolute Gasteiger partial charge is 0.354 e. The minimum absolute atomic E-state index is 0.0902. The van der Waals surface area contributed by atoms with Crippen LogP contribution >= 0.6 is 38.5 Å². The molecule has 102 valence electrons. The topological polar surface area (TPSA) is 58.2 Å². The number of halogens is 2. The van der Waals surface area contributed by atoms with Gasteiger partial charge in [-0.05, 0) is 76.0 Å². The summed E-state index contributed by atoms with van der Waals surface area (Å²) < 4.78 is 1.72. The first-order valence-corrected chi connectivity index (χ1v) is 7.99. The molecule has 1 aliphatic rings. The summed E-state index contributed by atoms with van der Waals surface area (Å²) in [5, 5.41) is 5.62. The van der Waals surface area contributed by atoms with E-state index >= 15 is 0 Å². The number of nitrogens with one attached hydrogen (secondary N) is 2. The van der Waals surface area contributed by atoms with Crippen molar-refractivity contribution in [3.05, 3.63) is 31.8 Å². The lowest BCUT2D eigenvalue weighted by molar-refractivity contribution is -0.122. The quantitative estimate of drug-likeness (QED) is 0.699. The summed E-state index contributed by atoms with van der Waals surface area (Å²) in [5.41, 5.74) is 0.559. The van der Waals surface area contributed by atoms with E-state index in [1.54, 1.807) is 6.07 Å². The lowest BCUT2D eigenvalue weighted by Crippen LogP contribution is -2.45. The molecule has 19 heavy (non-hydrogen) atoms. The van der Waals surface area contributed by atoms with Crippen LogP contribution in [-0.2, 0) is 4.79 Å². The minimum Gasteiger partial charge on any atom is -0.354 e. The Morgan fingerprint density at radius 1 is 1.42 bits per heavy atom. The van der Waals surface area contributed by atoms with Gasteiger partial charge < -0.3 is 10.6 Å². The maximum atomic E-state index is 12.2. The van der Waals surface area contributed by atoms with Gasteiger partial charge in [0, 0.05) is 14.6 Å². The van der Waals surface area contributed by atoms with Crippen molar-refractivity contribution in [2.75, 3.05) is 6.54 Å². The number of benzene rings is 1. The van der Waals surface area contributed by atoms with Gasteiger partial charge in [0.05, 0.1) is 5.56 Å². The summed E-state index contributed by atoms with van der Waals surface area (Å²) >= 11 is 5.52. The third-order valence-corrected chi connectivity index (χ3v) is 4.38. The summed E-state index contributed by atoms with van der Waals surface area (Å²) in [6, 6.07) is 5.12. The molecule has 0 saturated carbocycles. The average molecular weight is 437 g/mol. The lowest BCUT2D eigenvalue weighted by Gasteiger charge is -2.15. The van der Waals surface area contributed by atoms with Crippen LogP contribution in [0.1, 0.15) is 29.6 Å². The predicted molar refractivity (Wildman–Crippen MR) is 85.0 cm³/mol. The zero-order valence-electron chi connectivity index (χ0n) is 10.2.